The first kappa shape index (κ1) is 5.20. The van der Waals surface area contributed by atoms with Crippen LogP contribution >= 0.6 is 22.6 Å². The zero-order chi connectivity index (χ0) is 4.28. The number of carboxylic acids is 1. The summed E-state index contributed by atoms with van der Waals surface area (Å²) >= 11 is 1.78. The predicted octanol–water partition coefficient (Wildman–Crippen LogP) is 0.506. The van der Waals surface area contributed by atoms with Gasteiger partial charge >= 0.3 is 5.97 Å². The van der Waals surface area contributed by atoms with E-state index in [1.807, 2.05) is 0 Å². The molecule has 0 spiro atoms. The van der Waals surface area contributed by atoms with Crippen molar-refractivity contribution in [3.63, 3.8) is 0 Å². The Morgan fingerprint density at radius 1 is 2.00 bits per heavy atom. The van der Waals surface area contributed by atoms with Crippen molar-refractivity contribution in [3.05, 3.63) is 0 Å². The molecule has 0 aromatic heterocycles. The molecule has 0 aliphatic carbocycles. The molecule has 0 aromatic carbocycles. The lowest BCUT2D eigenvalue weighted by Crippen LogP contribution is -1.91. The predicted molar refractivity (Wildman–Crippen MR) is 26.5 cm³/mol. The summed E-state index contributed by atoms with van der Waals surface area (Å²) in [5, 5.41) is 7.71. The van der Waals surface area contributed by atoms with Crippen molar-refractivity contribution >= 4 is 28.6 Å². The molecule has 0 atom stereocenters. The Bertz CT molecular complexity index is 42.9. The molecule has 30 valence electrons. The lowest BCUT2D eigenvalue weighted by molar-refractivity contribution is -0.133. The summed E-state index contributed by atoms with van der Waals surface area (Å²) < 4.78 is 0.192. The van der Waals surface area contributed by atoms with Gasteiger partial charge in [-0.2, -0.15) is 0 Å². The van der Waals surface area contributed by atoms with Crippen LogP contribution < -0.4 is 0 Å². The van der Waals surface area contributed by atoms with Crippen LogP contribution in [0.4, 0.5) is 0 Å². The van der Waals surface area contributed by atoms with Crippen LogP contribution in [0.25, 0.3) is 0 Å². The van der Waals surface area contributed by atoms with E-state index in [1.165, 1.54) is 0 Å². The van der Waals surface area contributed by atoms with Gasteiger partial charge in [-0.1, -0.05) is 22.6 Å². The Hall–Kier alpha value is 0.200. The topological polar surface area (TPSA) is 37.3 Å². The Morgan fingerprint density at radius 2 is 2.20 bits per heavy atom. The van der Waals surface area contributed by atoms with E-state index in [0.29, 0.717) is 0 Å². The molecule has 0 radical (unpaired) electrons. The summed E-state index contributed by atoms with van der Waals surface area (Å²) in [7, 11) is 0. The quantitative estimate of drug-likeness (QED) is 0.368. The SMILES string of the molecule is O=[13C](O)CI. The molecule has 0 saturated heterocycles. The minimum atomic E-state index is -0.759. The first-order chi connectivity index (χ1) is 2.27. The summed E-state index contributed by atoms with van der Waals surface area (Å²) in [5.74, 6) is -0.759. The van der Waals surface area contributed by atoms with Gasteiger partial charge in [0, 0.05) is 0 Å². The van der Waals surface area contributed by atoms with Gasteiger partial charge in [0.25, 0.3) is 0 Å². The van der Waals surface area contributed by atoms with E-state index >= 15 is 0 Å². The molecule has 3 heteroatoms. The molecule has 0 unspecified atom stereocenters. The van der Waals surface area contributed by atoms with E-state index in [9.17, 15) is 4.79 Å². The van der Waals surface area contributed by atoms with E-state index in [0.717, 1.165) is 0 Å². The van der Waals surface area contributed by atoms with Crippen molar-refractivity contribution in [2.75, 3.05) is 4.43 Å². The molecular weight excluding hydrogens is 184 g/mol. The van der Waals surface area contributed by atoms with E-state index in [1.54, 1.807) is 22.6 Å². The highest BCUT2D eigenvalue weighted by Gasteiger charge is 1.82. The third-order valence-corrected chi connectivity index (χ3v) is 0.767. The summed E-state index contributed by atoms with van der Waals surface area (Å²) in [5.41, 5.74) is 0. The number of alkyl halides is 1. The van der Waals surface area contributed by atoms with Gasteiger partial charge in [0.1, 0.15) is 0 Å². The number of hydrogen-bond donors (Lipinski definition) is 1. The fourth-order valence-electron chi connectivity index (χ4n) is 0. The maximum absolute atomic E-state index is 9.36. The Morgan fingerprint density at radius 3 is 2.20 bits per heavy atom. The molecule has 0 fully saturated rings. The van der Waals surface area contributed by atoms with Gasteiger partial charge in [-0.15, -0.1) is 0 Å². The Balaban J connectivity index is 2.85. The van der Waals surface area contributed by atoms with Gasteiger partial charge in [-0.3, -0.25) is 4.79 Å². The highest BCUT2D eigenvalue weighted by Crippen LogP contribution is 1.75. The second-order valence-corrected chi connectivity index (χ2v) is 1.29. The highest BCUT2D eigenvalue weighted by molar-refractivity contribution is 14.1. The third kappa shape index (κ3) is 4.20. The average Bonchev–Trinajstić information content (AvgIpc) is 1.38. The lowest BCUT2D eigenvalue weighted by Gasteiger charge is -1.70. The maximum atomic E-state index is 9.36. The van der Waals surface area contributed by atoms with Crippen LogP contribution in [0, 0.1) is 0 Å². The average molecular weight is 187 g/mol. The second-order valence-electron chi connectivity index (χ2n) is 0.527. The molecule has 1 N–H and O–H groups in total. The van der Waals surface area contributed by atoms with Gasteiger partial charge in [0.2, 0.25) is 0 Å². The summed E-state index contributed by atoms with van der Waals surface area (Å²) in [6.45, 7) is 0. The van der Waals surface area contributed by atoms with E-state index in [2.05, 4.69) is 0 Å². The zero-order valence-electron chi connectivity index (χ0n) is 2.44. The molecule has 2 nitrogen and oxygen atoms in total. The number of carboxylic acid groups (broad SMARTS) is 1. The summed E-state index contributed by atoms with van der Waals surface area (Å²) in [6, 6.07) is 0. The van der Waals surface area contributed by atoms with Crippen LogP contribution in [0.2, 0.25) is 0 Å². The highest BCUT2D eigenvalue weighted by atomic mass is 127. The van der Waals surface area contributed by atoms with Gasteiger partial charge in [-0.05, 0) is 0 Å². The second kappa shape index (κ2) is 2.44. The van der Waals surface area contributed by atoms with Crippen molar-refractivity contribution in [2.45, 2.75) is 0 Å². The molecular formula is C2H3IO2. The van der Waals surface area contributed by atoms with Crippen molar-refractivity contribution in [1.29, 1.82) is 0 Å². The number of halogens is 1. The first-order valence-electron chi connectivity index (χ1n) is 1.05. The number of hydrogen-bond acceptors (Lipinski definition) is 1. The number of carbonyl (C=O) groups is 1. The Kier molecular flexibility index (Phi) is 2.54. The molecule has 0 aliphatic rings. The monoisotopic (exact) mass is 187 g/mol. The smallest absolute Gasteiger partial charge is 0.313 e. The largest absolute Gasteiger partial charge is 0.481 e. The van der Waals surface area contributed by atoms with E-state index < -0.39 is 5.97 Å². The van der Waals surface area contributed by atoms with Gasteiger partial charge < -0.3 is 5.11 Å². The standard InChI is InChI=1S/C2H3IO2/c3-1-2(4)5/h1H2,(H,4,5)/i2+1. The van der Waals surface area contributed by atoms with E-state index in [4.69, 9.17) is 5.11 Å². The Labute approximate surface area is 43.3 Å². The normalized spacial score (nSPS) is 7.40. The van der Waals surface area contributed by atoms with Crippen LogP contribution in [0.1, 0.15) is 0 Å². The van der Waals surface area contributed by atoms with Gasteiger partial charge in [0.05, 0.1) is 4.43 Å². The molecule has 0 bridgehead atoms. The molecule has 0 aliphatic heterocycles. The summed E-state index contributed by atoms with van der Waals surface area (Å²) in [6.07, 6.45) is 0. The van der Waals surface area contributed by atoms with Crippen molar-refractivity contribution in [3.8, 4) is 0 Å². The molecule has 0 rings (SSSR count). The summed E-state index contributed by atoms with van der Waals surface area (Å²) in [4.78, 5) is 9.36. The zero-order valence-corrected chi connectivity index (χ0v) is 4.60. The minimum Gasteiger partial charge on any atom is -0.481 e. The molecule has 0 aromatic rings. The molecule has 5 heavy (non-hydrogen) atoms. The minimum absolute atomic E-state index is 0.192. The molecule has 0 saturated carbocycles. The van der Waals surface area contributed by atoms with Gasteiger partial charge in [-0.25, -0.2) is 0 Å². The maximum Gasteiger partial charge on any atom is 0.313 e. The lowest BCUT2D eigenvalue weighted by atomic mass is 11.3. The van der Waals surface area contributed by atoms with Crippen molar-refractivity contribution in [2.24, 2.45) is 0 Å². The van der Waals surface area contributed by atoms with Crippen molar-refractivity contribution in [1.82, 2.24) is 0 Å². The van der Waals surface area contributed by atoms with Crippen LogP contribution in [0.5, 0.6) is 0 Å². The fourth-order valence-corrected chi connectivity index (χ4v) is 0. The first-order valence-corrected chi connectivity index (χ1v) is 2.57. The van der Waals surface area contributed by atoms with Crippen LogP contribution in [-0.2, 0) is 4.79 Å². The third-order valence-electron chi connectivity index (χ3n) is 0.114. The number of rotatable bonds is 1. The van der Waals surface area contributed by atoms with Crippen LogP contribution in [0.3, 0.4) is 0 Å². The van der Waals surface area contributed by atoms with Crippen LogP contribution in [0.15, 0.2) is 0 Å². The van der Waals surface area contributed by atoms with Crippen LogP contribution in [-0.4, -0.2) is 15.5 Å². The van der Waals surface area contributed by atoms with Gasteiger partial charge in [0.15, 0.2) is 0 Å². The number of aliphatic carboxylic acids is 1. The molecule has 0 heterocycles. The molecule has 0 amide bonds. The van der Waals surface area contributed by atoms with Crippen molar-refractivity contribution < 1.29 is 9.90 Å². The van der Waals surface area contributed by atoms with E-state index in [-0.39, 0.29) is 4.43 Å². The fraction of sp³-hybridized carbons (Fsp3) is 0.500.